The predicted molar refractivity (Wildman–Crippen MR) is 95.1 cm³/mol. The Morgan fingerprint density at radius 1 is 1.32 bits per heavy atom. The Labute approximate surface area is 148 Å². The molecule has 1 aliphatic rings. The van der Waals surface area contributed by atoms with Crippen molar-refractivity contribution in [3.8, 4) is 0 Å². The van der Waals surface area contributed by atoms with Crippen molar-refractivity contribution >= 4 is 41.5 Å². The summed E-state index contributed by atoms with van der Waals surface area (Å²) in [4.78, 5) is 12.5. The van der Waals surface area contributed by atoms with Crippen LogP contribution in [0.1, 0.15) is 39.2 Å². The molecule has 6 heteroatoms. The van der Waals surface area contributed by atoms with Crippen LogP contribution < -0.4 is 10.6 Å². The van der Waals surface area contributed by atoms with Gasteiger partial charge in [-0.05, 0) is 57.9 Å². The summed E-state index contributed by atoms with van der Waals surface area (Å²) in [5.41, 5.74) is 0.478. The van der Waals surface area contributed by atoms with E-state index in [4.69, 9.17) is 23.2 Å². The molecule has 1 heterocycles. The lowest BCUT2D eigenvalue weighted by molar-refractivity contribution is -0.127. The van der Waals surface area contributed by atoms with Crippen molar-refractivity contribution in [2.45, 2.75) is 45.2 Å². The third-order valence-electron chi connectivity index (χ3n) is 4.07. The number of nitrogens with one attached hydrogen (secondary N) is 2. The van der Waals surface area contributed by atoms with E-state index in [0.29, 0.717) is 16.1 Å². The summed E-state index contributed by atoms with van der Waals surface area (Å²) in [5, 5.41) is 7.53. The fourth-order valence-corrected chi connectivity index (χ4v) is 3.04. The number of halogens is 3. The smallest absolute Gasteiger partial charge is 0.223 e. The van der Waals surface area contributed by atoms with Crippen molar-refractivity contribution in [3.05, 3.63) is 33.8 Å². The molecule has 0 unspecified atom stereocenters. The van der Waals surface area contributed by atoms with Crippen molar-refractivity contribution in [2.75, 3.05) is 6.54 Å². The number of piperidine rings is 1. The summed E-state index contributed by atoms with van der Waals surface area (Å²) >= 11 is 12.0. The molecule has 0 bridgehead atoms. The van der Waals surface area contributed by atoms with E-state index in [1.165, 1.54) is 0 Å². The fraction of sp³-hybridized carbons (Fsp3) is 0.562. The maximum Gasteiger partial charge on any atom is 0.223 e. The largest absolute Gasteiger partial charge is 0.347 e. The molecule has 3 nitrogen and oxygen atoms in total. The first-order valence-electron chi connectivity index (χ1n) is 7.30. The van der Waals surface area contributed by atoms with Crippen LogP contribution in [0.3, 0.4) is 0 Å². The summed E-state index contributed by atoms with van der Waals surface area (Å²) in [7, 11) is 0. The van der Waals surface area contributed by atoms with E-state index >= 15 is 0 Å². The number of amides is 1. The van der Waals surface area contributed by atoms with Gasteiger partial charge in [-0.25, -0.2) is 0 Å². The highest BCUT2D eigenvalue weighted by molar-refractivity contribution is 6.42. The second kappa shape index (κ2) is 7.87. The van der Waals surface area contributed by atoms with Crippen LogP contribution in [0.4, 0.5) is 0 Å². The first-order chi connectivity index (χ1) is 9.79. The van der Waals surface area contributed by atoms with Gasteiger partial charge in [-0.3, -0.25) is 4.79 Å². The number of rotatable bonds is 3. The quantitative estimate of drug-likeness (QED) is 0.844. The van der Waals surface area contributed by atoms with Gasteiger partial charge in [0.2, 0.25) is 5.91 Å². The third-order valence-corrected chi connectivity index (χ3v) is 4.81. The highest BCUT2D eigenvalue weighted by Gasteiger charge is 2.30. The number of carbonyl (C=O) groups excluding carboxylic acids is 1. The van der Waals surface area contributed by atoms with Crippen molar-refractivity contribution in [1.82, 2.24) is 10.6 Å². The van der Waals surface area contributed by atoms with Crippen LogP contribution in [0.5, 0.6) is 0 Å². The summed E-state index contributed by atoms with van der Waals surface area (Å²) in [6, 6.07) is 5.87. The van der Waals surface area contributed by atoms with Crippen molar-refractivity contribution in [3.63, 3.8) is 0 Å². The van der Waals surface area contributed by atoms with Gasteiger partial charge in [0.25, 0.3) is 0 Å². The molecule has 1 amide bonds. The zero-order chi connectivity index (χ0) is 15.6. The van der Waals surface area contributed by atoms with E-state index in [2.05, 4.69) is 17.6 Å². The van der Waals surface area contributed by atoms with E-state index in [1.807, 2.05) is 26.0 Å². The first-order valence-corrected chi connectivity index (χ1v) is 8.06. The molecule has 124 valence electrons. The van der Waals surface area contributed by atoms with Gasteiger partial charge in [0, 0.05) is 12.0 Å². The minimum Gasteiger partial charge on any atom is -0.347 e. The Bertz CT molecular complexity index is 534. The molecule has 0 aliphatic carbocycles. The van der Waals surface area contributed by atoms with Crippen LogP contribution in [0.15, 0.2) is 18.2 Å². The fourth-order valence-electron chi connectivity index (χ4n) is 2.74. The molecule has 1 fully saturated rings. The monoisotopic (exact) mass is 364 g/mol. The minimum atomic E-state index is -0.473. The first kappa shape index (κ1) is 19.6. The Balaban J connectivity index is 0.00000242. The molecular formula is C16H23Cl3N2O. The topological polar surface area (TPSA) is 41.1 Å². The molecule has 0 aromatic heterocycles. The van der Waals surface area contributed by atoms with Gasteiger partial charge in [-0.1, -0.05) is 29.3 Å². The van der Waals surface area contributed by atoms with E-state index in [-0.39, 0.29) is 24.2 Å². The molecule has 22 heavy (non-hydrogen) atoms. The standard InChI is InChI=1S/C16H22Cl2N2O.ClH/c1-10-8-11(6-7-19-10)15(21)20-16(2,3)12-4-5-13(17)14(18)9-12;/h4-5,9-11,19H,6-8H2,1-3H3,(H,20,21);1H/t10-,11-;/m0./s1. The van der Waals surface area contributed by atoms with Gasteiger partial charge in [0.05, 0.1) is 15.6 Å². The average Bonchev–Trinajstić information content (AvgIpc) is 2.41. The highest BCUT2D eigenvalue weighted by atomic mass is 35.5. The van der Waals surface area contributed by atoms with Gasteiger partial charge < -0.3 is 10.6 Å². The lowest BCUT2D eigenvalue weighted by atomic mass is 9.89. The Hall–Kier alpha value is -0.480. The lowest BCUT2D eigenvalue weighted by Crippen LogP contribution is -2.48. The van der Waals surface area contributed by atoms with Crippen LogP contribution in [-0.4, -0.2) is 18.5 Å². The number of carbonyl (C=O) groups is 1. The van der Waals surface area contributed by atoms with Crippen LogP contribution in [0.25, 0.3) is 0 Å². The predicted octanol–water partition coefficient (Wildman–Crippen LogP) is 4.15. The van der Waals surface area contributed by atoms with E-state index in [9.17, 15) is 4.79 Å². The second-order valence-corrected chi connectivity index (χ2v) is 7.13. The van der Waals surface area contributed by atoms with Gasteiger partial charge >= 0.3 is 0 Å². The minimum absolute atomic E-state index is 0. The van der Waals surface area contributed by atoms with Gasteiger partial charge in [0.1, 0.15) is 0 Å². The summed E-state index contributed by atoms with van der Waals surface area (Å²) in [6.07, 6.45) is 1.76. The molecule has 0 spiro atoms. The molecule has 1 aromatic carbocycles. The second-order valence-electron chi connectivity index (χ2n) is 6.32. The van der Waals surface area contributed by atoms with E-state index in [1.54, 1.807) is 6.07 Å². The molecule has 0 radical (unpaired) electrons. The van der Waals surface area contributed by atoms with Gasteiger partial charge in [-0.2, -0.15) is 0 Å². The van der Waals surface area contributed by atoms with Crippen molar-refractivity contribution in [1.29, 1.82) is 0 Å². The summed E-state index contributed by atoms with van der Waals surface area (Å²) < 4.78 is 0. The SMILES string of the molecule is C[C@H]1C[C@@H](C(=O)NC(C)(C)c2ccc(Cl)c(Cl)c2)CCN1.Cl. The maximum absolute atomic E-state index is 12.5. The Morgan fingerprint density at radius 2 is 2.00 bits per heavy atom. The molecule has 2 rings (SSSR count). The van der Waals surface area contributed by atoms with Gasteiger partial charge in [0.15, 0.2) is 0 Å². The van der Waals surface area contributed by atoms with E-state index < -0.39 is 5.54 Å². The number of hydrogen-bond donors (Lipinski definition) is 2. The molecular weight excluding hydrogens is 343 g/mol. The maximum atomic E-state index is 12.5. The van der Waals surface area contributed by atoms with Crippen LogP contribution in [0.2, 0.25) is 10.0 Å². The summed E-state index contributed by atoms with van der Waals surface area (Å²) in [6.45, 7) is 6.97. The number of hydrogen-bond acceptors (Lipinski definition) is 2. The van der Waals surface area contributed by atoms with Crippen LogP contribution in [0, 0.1) is 5.92 Å². The third kappa shape index (κ3) is 4.76. The van der Waals surface area contributed by atoms with E-state index in [0.717, 1.165) is 24.9 Å². The molecule has 2 N–H and O–H groups in total. The van der Waals surface area contributed by atoms with Crippen molar-refractivity contribution in [2.24, 2.45) is 5.92 Å². The van der Waals surface area contributed by atoms with Crippen molar-refractivity contribution < 1.29 is 4.79 Å². The Morgan fingerprint density at radius 3 is 2.59 bits per heavy atom. The van der Waals surface area contributed by atoms with Crippen LogP contribution >= 0.6 is 35.6 Å². The molecule has 1 saturated heterocycles. The molecule has 1 aliphatic heterocycles. The molecule has 1 aromatic rings. The lowest BCUT2D eigenvalue weighted by Gasteiger charge is -2.32. The zero-order valence-corrected chi connectivity index (χ0v) is 15.4. The average molecular weight is 366 g/mol. The van der Waals surface area contributed by atoms with Crippen LogP contribution in [-0.2, 0) is 10.3 Å². The zero-order valence-electron chi connectivity index (χ0n) is 13.1. The molecule has 2 atom stereocenters. The Kier molecular flexibility index (Phi) is 7.00. The normalized spacial score (nSPS) is 21.9. The van der Waals surface area contributed by atoms with Gasteiger partial charge in [-0.15, -0.1) is 12.4 Å². The molecule has 0 saturated carbocycles. The number of benzene rings is 1. The highest BCUT2D eigenvalue weighted by Crippen LogP contribution is 2.29. The summed E-state index contributed by atoms with van der Waals surface area (Å²) in [5.74, 6) is 0.183.